The molecule has 0 radical (unpaired) electrons. The Hall–Kier alpha value is -1.83. The van der Waals surface area contributed by atoms with Crippen molar-refractivity contribution < 1.29 is 9.53 Å². The molecule has 0 unspecified atom stereocenters. The van der Waals surface area contributed by atoms with Crippen molar-refractivity contribution in [2.45, 2.75) is 60.8 Å². The van der Waals surface area contributed by atoms with Crippen molar-refractivity contribution in [3.63, 3.8) is 0 Å². The predicted octanol–water partition coefficient (Wildman–Crippen LogP) is 6.08. The van der Waals surface area contributed by atoms with Gasteiger partial charge in [0.05, 0.1) is 6.61 Å². The maximum atomic E-state index is 11.4. The van der Waals surface area contributed by atoms with Crippen LogP contribution in [0.3, 0.4) is 0 Å². The maximum absolute atomic E-state index is 11.4. The second-order valence-electron chi connectivity index (χ2n) is 7.17. The van der Waals surface area contributed by atoms with Crippen molar-refractivity contribution >= 4 is 5.97 Å². The van der Waals surface area contributed by atoms with Crippen LogP contribution in [0, 0.1) is 5.41 Å². The lowest BCUT2D eigenvalue weighted by molar-refractivity contribution is -0.137. The van der Waals surface area contributed by atoms with Crippen LogP contribution in [-0.4, -0.2) is 12.6 Å². The molecular formula is C22H32O2. The van der Waals surface area contributed by atoms with E-state index in [0.717, 1.165) is 5.57 Å². The minimum Gasteiger partial charge on any atom is -0.463 e. The van der Waals surface area contributed by atoms with E-state index < -0.39 is 0 Å². The van der Waals surface area contributed by atoms with E-state index in [-0.39, 0.29) is 11.4 Å². The van der Waals surface area contributed by atoms with Crippen LogP contribution in [0.15, 0.2) is 58.7 Å². The van der Waals surface area contributed by atoms with Crippen molar-refractivity contribution in [1.82, 2.24) is 0 Å². The van der Waals surface area contributed by atoms with Gasteiger partial charge < -0.3 is 4.74 Å². The van der Waals surface area contributed by atoms with Gasteiger partial charge in [0.25, 0.3) is 0 Å². The van der Waals surface area contributed by atoms with Crippen molar-refractivity contribution in [2.75, 3.05) is 6.61 Å². The molecule has 0 atom stereocenters. The number of allylic oxidation sites excluding steroid dienone is 9. The van der Waals surface area contributed by atoms with Gasteiger partial charge in [-0.05, 0) is 63.5 Å². The minimum absolute atomic E-state index is 0.272. The van der Waals surface area contributed by atoms with E-state index in [1.54, 1.807) is 6.92 Å². The van der Waals surface area contributed by atoms with Crippen LogP contribution in [0.25, 0.3) is 0 Å². The third kappa shape index (κ3) is 6.74. The second-order valence-corrected chi connectivity index (χ2v) is 7.17. The number of carbonyl (C=O) groups is 1. The van der Waals surface area contributed by atoms with Gasteiger partial charge in [0.15, 0.2) is 0 Å². The Morgan fingerprint density at radius 2 is 1.92 bits per heavy atom. The molecule has 0 fully saturated rings. The zero-order valence-corrected chi connectivity index (χ0v) is 16.1. The van der Waals surface area contributed by atoms with Crippen LogP contribution < -0.4 is 0 Å². The van der Waals surface area contributed by atoms with E-state index in [4.69, 9.17) is 4.74 Å². The van der Waals surface area contributed by atoms with Gasteiger partial charge in [-0.1, -0.05) is 55.4 Å². The highest BCUT2D eigenvalue weighted by Gasteiger charge is 2.26. The van der Waals surface area contributed by atoms with E-state index in [1.807, 2.05) is 19.1 Å². The molecule has 24 heavy (non-hydrogen) atoms. The molecule has 1 aliphatic rings. The Morgan fingerprint density at radius 3 is 2.54 bits per heavy atom. The molecule has 0 spiro atoms. The summed E-state index contributed by atoms with van der Waals surface area (Å²) in [6.07, 6.45) is 15.7. The molecule has 0 N–H and O–H groups in total. The fourth-order valence-electron chi connectivity index (χ4n) is 3.05. The summed E-state index contributed by atoms with van der Waals surface area (Å²) >= 11 is 0. The first kappa shape index (κ1) is 20.2. The van der Waals surface area contributed by atoms with Gasteiger partial charge in [-0.2, -0.15) is 0 Å². The summed E-state index contributed by atoms with van der Waals surface area (Å²) in [6.45, 7) is 13.1. The molecule has 132 valence electrons. The van der Waals surface area contributed by atoms with Gasteiger partial charge in [0.1, 0.15) is 0 Å². The third-order valence-electron chi connectivity index (χ3n) is 4.41. The quantitative estimate of drug-likeness (QED) is 0.335. The van der Waals surface area contributed by atoms with Gasteiger partial charge in [0.2, 0.25) is 0 Å². The van der Waals surface area contributed by atoms with Crippen LogP contribution >= 0.6 is 0 Å². The normalized spacial score (nSPS) is 19.4. The summed E-state index contributed by atoms with van der Waals surface area (Å²) in [5.41, 5.74) is 5.33. The SMILES string of the molecule is CCOC(=O)/C=C(C)/C=C\C=C(C)\C=C\C1=C(C)CCCC1(C)C. The Balaban J connectivity index is 2.73. The summed E-state index contributed by atoms with van der Waals surface area (Å²) < 4.78 is 4.89. The minimum atomic E-state index is -0.290. The van der Waals surface area contributed by atoms with Crippen LogP contribution in [-0.2, 0) is 9.53 Å². The fraction of sp³-hybridized carbons (Fsp3) is 0.500. The Bertz CT molecular complexity index is 595. The smallest absolute Gasteiger partial charge is 0.330 e. The van der Waals surface area contributed by atoms with Gasteiger partial charge >= 0.3 is 5.97 Å². The van der Waals surface area contributed by atoms with Crippen molar-refractivity contribution in [3.8, 4) is 0 Å². The third-order valence-corrected chi connectivity index (χ3v) is 4.41. The van der Waals surface area contributed by atoms with Crippen LogP contribution in [0.4, 0.5) is 0 Å². The summed E-state index contributed by atoms with van der Waals surface area (Å²) in [4.78, 5) is 11.4. The molecule has 2 nitrogen and oxygen atoms in total. The molecule has 0 aromatic carbocycles. The molecule has 0 heterocycles. The highest BCUT2D eigenvalue weighted by molar-refractivity contribution is 5.83. The molecule has 0 aliphatic heterocycles. The zero-order chi connectivity index (χ0) is 18.2. The van der Waals surface area contributed by atoms with Gasteiger partial charge in [-0.15, -0.1) is 0 Å². The molecular weight excluding hydrogens is 296 g/mol. The molecule has 1 aliphatic carbocycles. The first-order valence-corrected chi connectivity index (χ1v) is 8.84. The lowest BCUT2D eigenvalue weighted by Gasteiger charge is -2.32. The maximum Gasteiger partial charge on any atom is 0.330 e. The van der Waals surface area contributed by atoms with E-state index >= 15 is 0 Å². The average molecular weight is 328 g/mol. The average Bonchev–Trinajstić information content (AvgIpc) is 2.46. The van der Waals surface area contributed by atoms with Crippen molar-refractivity contribution in [3.05, 3.63) is 58.7 Å². The fourth-order valence-corrected chi connectivity index (χ4v) is 3.05. The molecule has 0 bridgehead atoms. The number of rotatable bonds is 6. The van der Waals surface area contributed by atoms with Crippen LogP contribution in [0.2, 0.25) is 0 Å². The molecule has 0 saturated heterocycles. The van der Waals surface area contributed by atoms with Crippen LogP contribution in [0.1, 0.15) is 60.8 Å². The summed E-state index contributed by atoms with van der Waals surface area (Å²) in [6, 6.07) is 0. The highest BCUT2D eigenvalue weighted by atomic mass is 16.5. The first-order chi connectivity index (χ1) is 11.3. The zero-order valence-electron chi connectivity index (χ0n) is 16.1. The summed E-state index contributed by atoms with van der Waals surface area (Å²) in [5.74, 6) is -0.290. The summed E-state index contributed by atoms with van der Waals surface area (Å²) in [5, 5.41) is 0. The molecule has 0 saturated carbocycles. The number of hydrogen-bond donors (Lipinski definition) is 0. The monoisotopic (exact) mass is 328 g/mol. The van der Waals surface area contributed by atoms with Crippen molar-refractivity contribution in [1.29, 1.82) is 0 Å². The molecule has 1 rings (SSSR count). The van der Waals surface area contributed by atoms with Gasteiger partial charge in [0, 0.05) is 6.08 Å². The lowest BCUT2D eigenvalue weighted by atomic mass is 9.72. The number of carbonyl (C=O) groups excluding carboxylic acids is 1. The standard InChI is InChI=1S/C22H32O2/c1-7-24-21(23)16-18(3)11-8-10-17(2)13-14-20-19(4)12-9-15-22(20,5)6/h8,10-11,13-14,16H,7,9,12,15H2,1-6H3/b11-8-,14-13+,17-10+,18-16+. The first-order valence-electron chi connectivity index (χ1n) is 8.84. The molecule has 0 amide bonds. The van der Waals surface area contributed by atoms with Crippen molar-refractivity contribution in [2.24, 2.45) is 5.41 Å². The number of hydrogen-bond acceptors (Lipinski definition) is 2. The van der Waals surface area contributed by atoms with E-state index in [1.165, 1.54) is 42.1 Å². The lowest BCUT2D eigenvalue weighted by Crippen LogP contribution is -2.19. The molecule has 0 aromatic heterocycles. The Labute approximate surface area is 147 Å². The second kappa shape index (κ2) is 9.46. The number of esters is 1. The van der Waals surface area contributed by atoms with E-state index in [9.17, 15) is 4.79 Å². The summed E-state index contributed by atoms with van der Waals surface area (Å²) in [7, 11) is 0. The predicted molar refractivity (Wildman–Crippen MR) is 103 cm³/mol. The largest absolute Gasteiger partial charge is 0.463 e. The Morgan fingerprint density at radius 1 is 1.21 bits per heavy atom. The number of ether oxygens (including phenoxy) is 1. The Kier molecular flexibility index (Phi) is 7.97. The molecule has 2 heteroatoms. The molecule has 0 aromatic rings. The topological polar surface area (TPSA) is 26.3 Å². The van der Waals surface area contributed by atoms with E-state index in [2.05, 4.69) is 45.9 Å². The highest BCUT2D eigenvalue weighted by Crippen LogP contribution is 2.40. The van der Waals surface area contributed by atoms with Crippen LogP contribution in [0.5, 0.6) is 0 Å². The van der Waals surface area contributed by atoms with Gasteiger partial charge in [-0.3, -0.25) is 0 Å². The van der Waals surface area contributed by atoms with Gasteiger partial charge in [-0.25, -0.2) is 4.79 Å². The van der Waals surface area contributed by atoms with E-state index in [0.29, 0.717) is 6.61 Å².